The maximum atomic E-state index is 12.2. The van der Waals surface area contributed by atoms with Crippen LogP contribution in [-0.4, -0.2) is 39.4 Å². The van der Waals surface area contributed by atoms with Crippen LogP contribution in [0.1, 0.15) is 23.0 Å². The van der Waals surface area contributed by atoms with E-state index < -0.39 is 35.7 Å². The molecule has 0 unspecified atom stereocenters. The summed E-state index contributed by atoms with van der Waals surface area (Å²) in [5, 5.41) is 9.48. The molecule has 9 heteroatoms. The summed E-state index contributed by atoms with van der Waals surface area (Å²) in [7, 11) is 0. The number of nitrogens with zero attached hydrogens (tertiary/aromatic N) is 1. The highest BCUT2D eigenvalue weighted by molar-refractivity contribution is 9.10. The number of benzene rings is 1. The summed E-state index contributed by atoms with van der Waals surface area (Å²) in [6.45, 7) is -0.373. The molecule has 8 nitrogen and oxygen atoms in total. The Morgan fingerprint density at radius 3 is 2.76 bits per heavy atom. The second-order valence-corrected chi connectivity index (χ2v) is 6.36. The number of esters is 1. The maximum Gasteiger partial charge on any atom is 0.338 e. The van der Waals surface area contributed by atoms with E-state index >= 15 is 0 Å². The number of aliphatic hydroxyl groups excluding tert-OH is 1. The van der Waals surface area contributed by atoms with Crippen molar-refractivity contribution in [2.75, 3.05) is 6.61 Å². The van der Waals surface area contributed by atoms with E-state index in [-0.39, 0.29) is 17.5 Å². The molecule has 2 heterocycles. The van der Waals surface area contributed by atoms with Crippen LogP contribution >= 0.6 is 15.9 Å². The van der Waals surface area contributed by atoms with Crippen molar-refractivity contribution in [1.82, 2.24) is 9.55 Å². The predicted molar refractivity (Wildman–Crippen MR) is 90.3 cm³/mol. The molecular formula is C16H15BrN2O6. The molecule has 1 aliphatic rings. The molecule has 3 rings (SSSR count). The Balaban J connectivity index is 1.79. The average molecular weight is 411 g/mol. The van der Waals surface area contributed by atoms with Crippen LogP contribution in [0.15, 0.2) is 50.6 Å². The molecule has 1 saturated heterocycles. The van der Waals surface area contributed by atoms with Crippen LogP contribution in [0.25, 0.3) is 0 Å². The molecule has 0 amide bonds. The molecule has 132 valence electrons. The summed E-state index contributed by atoms with van der Waals surface area (Å²) in [5.74, 6) is -0.539. The van der Waals surface area contributed by atoms with Crippen molar-refractivity contribution in [1.29, 1.82) is 0 Å². The van der Waals surface area contributed by atoms with Gasteiger partial charge in [-0.05, 0) is 28.1 Å². The number of carbonyl (C=O) groups is 1. The SMILES string of the molecule is O=C(O[C@H]1C[C@H](n2cc(Br)c(=O)[nH]c2=O)O[C@@H]1CO)c1ccccc1. The van der Waals surface area contributed by atoms with Gasteiger partial charge in [0.2, 0.25) is 0 Å². The summed E-state index contributed by atoms with van der Waals surface area (Å²) in [6, 6.07) is 8.44. The Hall–Kier alpha value is -2.23. The summed E-state index contributed by atoms with van der Waals surface area (Å²) in [4.78, 5) is 37.7. The Morgan fingerprint density at radius 2 is 2.08 bits per heavy atom. The first kappa shape index (κ1) is 17.6. The van der Waals surface area contributed by atoms with Crippen molar-refractivity contribution >= 4 is 21.9 Å². The summed E-state index contributed by atoms with van der Waals surface area (Å²) < 4.78 is 12.4. The number of hydrogen-bond donors (Lipinski definition) is 2. The number of halogens is 1. The van der Waals surface area contributed by atoms with Gasteiger partial charge in [0.1, 0.15) is 18.4 Å². The molecule has 0 saturated carbocycles. The van der Waals surface area contributed by atoms with Crippen LogP contribution < -0.4 is 11.2 Å². The molecule has 0 radical (unpaired) electrons. The largest absolute Gasteiger partial charge is 0.456 e. The zero-order valence-electron chi connectivity index (χ0n) is 12.9. The fourth-order valence-corrected chi connectivity index (χ4v) is 2.93. The van der Waals surface area contributed by atoms with Crippen molar-refractivity contribution in [3.05, 3.63) is 67.4 Å². The minimum Gasteiger partial charge on any atom is -0.456 e. The molecule has 3 atom stereocenters. The minimum absolute atomic E-state index is 0.168. The summed E-state index contributed by atoms with van der Waals surface area (Å²) in [5.41, 5.74) is -0.818. The predicted octanol–water partition coefficient (Wildman–Crippen LogP) is 0.804. The van der Waals surface area contributed by atoms with E-state index in [2.05, 4.69) is 20.9 Å². The first-order valence-corrected chi connectivity index (χ1v) is 8.32. The molecule has 0 aliphatic carbocycles. The molecule has 25 heavy (non-hydrogen) atoms. The van der Waals surface area contributed by atoms with E-state index in [0.717, 1.165) is 0 Å². The van der Waals surface area contributed by atoms with Gasteiger partial charge in [0, 0.05) is 12.6 Å². The van der Waals surface area contributed by atoms with E-state index in [1.807, 2.05) is 0 Å². The van der Waals surface area contributed by atoms with Crippen molar-refractivity contribution in [3.8, 4) is 0 Å². The standard InChI is InChI=1S/C16H15BrN2O6/c17-10-7-19(16(23)18-14(10)21)13-6-11(12(8-20)24-13)25-15(22)9-4-2-1-3-5-9/h1-5,7,11-13,20H,6,8H2,(H,18,21,23)/t11-,12+,13+/m0/s1. The second kappa shape index (κ2) is 7.34. The monoisotopic (exact) mass is 410 g/mol. The fraction of sp³-hybridized carbons (Fsp3) is 0.312. The van der Waals surface area contributed by atoms with Crippen LogP contribution in [0.2, 0.25) is 0 Å². The number of H-pyrrole nitrogens is 1. The molecule has 1 aliphatic heterocycles. The van der Waals surface area contributed by atoms with Gasteiger partial charge >= 0.3 is 11.7 Å². The number of rotatable bonds is 4. The van der Waals surface area contributed by atoms with Crippen molar-refractivity contribution in [3.63, 3.8) is 0 Å². The van der Waals surface area contributed by atoms with Crippen molar-refractivity contribution < 1.29 is 19.4 Å². The molecule has 1 fully saturated rings. The fourth-order valence-electron chi connectivity index (χ4n) is 2.61. The zero-order chi connectivity index (χ0) is 18.0. The lowest BCUT2D eigenvalue weighted by Crippen LogP contribution is -2.32. The molecular weight excluding hydrogens is 396 g/mol. The van der Waals surface area contributed by atoms with E-state index in [4.69, 9.17) is 9.47 Å². The third-order valence-corrected chi connectivity index (χ3v) is 4.43. The van der Waals surface area contributed by atoms with Crippen LogP contribution in [0.4, 0.5) is 0 Å². The molecule has 1 aromatic carbocycles. The van der Waals surface area contributed by atoms with Gasteiger partial charge in [-0.2, -0.15) is 0 Å². The number of aromatic amines is 1. The molecule has 2 N–H and O–H groups in total. The Labute approximate surface area is 150 Å². The smallest absolute Gasteiger partial charge is 0.338 e. The summed E-state index contributed by atoms with van der Waals surface area (Å²) >= 11 is 3.05. The van der Waals surface area contributed by atoms with Crippen LogP contribution in [-0.2, 0) is 9.47 Å². The third kappa shape index (κ3) is 3.73. The van der Waals surface area contributed by atoms with Gasteiger partial charge in [-0.25, -0.2) is 9.59 Å². The first-order chi connectivity index (χ1) is 12.0. The van der Waals surface area contributed by atoms with Gasteiger partial charge in [0.05, 0.1) is 16.6 Å². The van der Waals surface area contributed by atoms with Crippen LogP contribution in [0.3, 0.4) is 0 Å². The number of nitrogens with one attached hydrogen (secondary N) is 1. The molecule has 2 aromatic rings. The van der Waals surface area contributed by atoms with Gasteiger partial charge in [0.15, 0.2) is 0 Å². The van der Waals surface area contributed by atoms with Gasteiger partial charge in [-0.3, -0.25) is 14.3 Å². The lowest BCUT2D eigenvalue weighted by atomic mass is 10.1. The topological polar surface area (TPSA) is 111 Å². The van der Waals surface area contributed by atoms with Crippen molar-refractivity contribution in [2.45, 2.75) is 24.9 Å². The highest BCUT2D eigenvalue weighted by Gasteiger charge is 2.39. The quantitative estimate of drug-likeness (QED) is 0.721. The Kier molecular flexibility index (Phi) is 5.16. The normalized spacial score (nSPS) is 22.7. The van der Waals surface area contributed by atoms with E-state index in [0.29, 0.717) is 5.56 Å². The molecule has 1 aromatic heterocycles. The van der Waals surface area contributed by atoms with Gasteiger partial charge < -0.3 is 14.6 Å². The third-order valence-electron chi connectivity index (χ3n) is 3.86. The molecule has 0 bridgehead atoms. The van der Waals surface area contributed by atoms with E-state index in [1.165, 1.54) is 10.8 Å². The van der Waals surface area contributed by atoms with E-state index in [9.17, 15) is 19.5 Å². The lowest BCUT2D eigenvalue weighted by molar-refractivity contribution is -0.0522. The highest BCUT2D eigenvalue weighted by Crippen LogP contribution is 2.30. The summed E-state index contributed by atoms with van der Waals surface area (Å²) in [6.07, 6.45) is -0.786. The Morgan fingerprint density at radius 1 is 1.36 bits per heavy atom. The minimum atomic E-state index is -0.772. The Bertz CT molecular complexity index is 878. The molecule has 0 spiro atoms. The van der Waals surface area contributed by atoms with Crippen LogP contribution in [0, 0.1) is 0 Å². The van der Waals surface area contributed by atoms with Gasteiger partial charge in [-0.1, -0.05) is 18.2 Å². The van der Waals surface area contributed by atoms with E-state index in [1.54, 1.807) is 30.3 Å². The number of ether oxygens (including phenoxy) is 2. The zero-order valence-corrected chi connectivity index (χ0v) is 14.5. The average Bonchev–Trinajstić information content (AvgIpc) is 3.01. The second-order valence-electron chi connectivity index (χ2n) is 5.50. The first-order valence-electron chi connectivity index (χ1n) is 7.53. The van der Waals surface area contributed by atoms with Crippen molar-refractivity contribution in [2.24, 2.45) is 0 Å². The highest BCUT2D eigenvalue weighted by atomic mass is 79.9. The number of aliphatic hydroxyl groups is 1. The van der Waals surface area contributed by atoms with Gasteiger partial charge in [-0.15, -0.1) is 0 Å². The number of aromatic nitrogens is 2. The number of hydrogen-bond acceptors (Lipinski definition) is 6. The van der Waals surface area contributed by atoms with Crippen LogP contribution in [0.5, 0.6) is 0 Å². The number of carbonyl (C=O) groups excluding carboxylic acids is 1. The maximum absolute atomic E-state index is 12.2. The lowest BCUT2D eigenvalue weighted by Gasteiger charge is -2.16. The van der Waals surface area contributed by atoms with Gasteiger partial charge in [0.25, 0.3) is 5.56 Å².